The SMILES string of the molecule is CC(N(C)Cc1cc2ccccc2cc1N)C(C)(C)C. The maximum Gasteiger partial charge on any atom is 0.0366 e. The van der Waals surface area contributed by atoms with Gasteiger partial charge >= 0.3 is 0 Å². The molecular weight excluding hydrogens is 244 g/mol. The molecule has 2 aromatic carbocycles. The van der Waals surface area contributed by atoms with Crippen LogP contribution in [0.2, 0.25) is 0 Å². The highest BCUT2D eigenvalue weighted by molar-refractivity contribution is 5.86. The number of hydrogen-bond acceptors (Lipinski definition) is 2. The van der Waals surface area contributed by atoms with Crippen LogP contribution in [0.25, 0.3) is 10.8 Å². The molecule has 0 aliphatic rings. The second kappa shape index (κ2) is 5.45. The maximum atomic E-state index is 6.22. The van der Waals surface area contributed by atoms with E-state index in [1.54, 1.807) is 0 Å². The third-order valence-corrected chi connectivity index (χ3v) is 4.34. The van der Waals surface area contributed by atoms with E-state index in [0.717, 1.165) is 12.2 Å². The smallest absolute Gasteiger partial charge is 0.0366 e. The lowest BCUT2D eigenvalue weighted by Crippen LogP contribution is -2.38. The van der Waals surface area contributed by atoms with Crippen LogP contribution in [0, 0.1) is 5.41 Å². The first-order valence-corrected chi connectivity index (χ1v) is 7.26. The van der Waals surface area contributed by atoms with Gasteiger partial charge in [0.25, 0.3) is 0 Å². The van der Waals surface area contributed by atoms with Crippen molar-refractivity contribution in [3.8, 4) is 0 Å². The van der Waals surface area contributed by atoms with E-state index in [0.29, 0.717) is 6.04 Å². The van der Waals surface area contributed by atoms with Crippen molar-refractivity contribution in [3.63, 3.8) is 0 Å². The minimum Gasteiger partial charge on any atom is -0.398 e. The van der Waals surface area contributed by atoms with Gasteiger partial charge < -0.3 is 5.73 Å². The van der Waals surface area contributed by atoms with Crippen molar-refractivity contribution in [1.82, 2.24) is 4.90 Å². The molecule has 2 N–H and O–H groups in total. The van der Waals surface area contributed by atoms with Crippen molar-refractivity contribution in [2.45, 2.75) is 40.3 Å². The second-order valence-electron chi connectivity index (χ2n) is 6.86. The zero-order valence-electron chi connectivity index (χ0n) is 13.3. The highest BCUT2D eigenvalue weighted by atomic mass is 15.1. The van der Waals surface area contributed by atoms with E-state index in [1.807, 2.05) is 0 Å². The molecule has 20 heavy (non-hydrogen) atoms. The van der Waals surface area contributed by atoms with Crippen molar-refractivity contribution in [1.29, 1.82) is 0 Å². The Morgan fingerprint density at radius 1 is 1.10 bits per heavy atom. The highest BCUT2D eigenvalue weighted by Gasteiger charge is 2.24. The predicted octanol–water partition coefficient (Wildman–Crippen LogP) is 4.29. The zero-order chi connectivity index (χ0) is 14.9. The molecule has 2 heteroatoms. The molecule has 0 fully saturated rings. The minimum absolute atomic E-state index is 0.264. The summed E-state index contributed by atoms with van der Waals surface area (Å²) >= 11 is 0. The summed E-state index contributed by atoms with van der Waals surface area (Å²) in [5.74, 6) is 0. The van der Waals surface area contributed by atoms with Crippen molar-refractivity contribution in [2.24, 2.45) is 5.41 Å². The Morgan fingerprint density at radius 2 is 1.65 bits per heavy atom. The fourth-order valence-corrected chi connectivity index (χ4v) is 2.51. The summed E-state index contributed by atoms with van der Waals surface area (Å²) in [7, 11) is 2.17. The Kier molecular flexibility index (Phi) is 4.05. The molecule has 2 nitrogen and oxygen atoms in total. The van der Waals surface area contributed by atoms with Crippen LogP contribution in [-0.2, 0) is 6.54 Å². The van der Waals surface area contributed by atoms with Gasteiger partial charge in [0.2, 0.25) is 0 Å². The van der Waals surface area contributed by atoms with Crippen molar-refractivity contribution in [3.05, 3.63) is 42.0 Å². The zero-order valence-corrected chi connectivity index (χ0v) is 13.3. The van der Waals surface area contributed by atoms with Gasteiger partial charge in [-0.05, 0) is 47.9 Å². The number of fused-ring (bicyclic) bond motifs is 1. The molecule has 0 aliphatic carbocycles. The van der Waals surface area contributed by atoms with Gasteiger partial charge in [-0.25, -0.2) is 0 Å². The fourth-order valence-electron chi connectivity index (χ4n) is 2.51. The summed E-state index contributed by atoms with van der Waals surface area (Å²) in [6.45, 7) is 9.99. The minimum atomic E-state index is 0.264. The topological polar surface area (TPSA) is 29.3 Å². The second-order valence-corrected chi connectivity index (χ2v) is 6.86. The summed E-state index contributed by atoms with van der Waals surface area (Å²) in [4.78, 5) is 2.38. The Bertz CT molecular complexity index is 596. The number of benzene rings is 2. The number of nitrogens with zero attached hydrogens (tertiary/aromatic N) is 1. The molecule has 108 valence electrons. The monoisotopic (exact) mass is 270 g/mol. The normalized spacial score (nSPS) is 13.9. The number of nitrogen functional groups attached to an aromatic ring is 1. The largest absolute Gasteiger partial charge is 0.398 e. The van der Waals surface area contributed by atoms with E-state index >= 15 is 0 Å². The third-order valence-electron chi connectivity index (χ3n) is 4.34. The highest BCUT2D eigenvalue weighted by Crippen LogP contribution is 2.27. The molecule has 0 bridgehead atoms. The summed E-state index contributed by atoms with van der Waals surface area (Å²) in [6.07, 6.45) is 0. The van der Waals surface area contributed by atoms with E-state index in [9.17, 15) is 0 Å². The van der Waals surface area contributed by atoms with Gasteiger partial charge in [0.1, 0.15) is 0 Å². The summed E-state index contributed by atoms with van der Waals surface area (Å²) in [6, 6.07) is 13.2. The molecule has 0 aromatic heterocycles. The van der Waals surface area contributed by atoms with Gasteiger partial charge in [-0.3, -0.25) is 4.90 Å². The Balaban J connectivity index is 2.27. The lowest BCUT2D eigenvalue weighted by molar-refractivity contribution is 0.135. The van der Waals surface area contributed by atoms with Crippen LogP contribution in [0.4, 0.5) is 5.69 Å². The number of anilines is 1. The van der Waals surface area contributed by atoms with Crippen LogP contribution in [0.5, 0.6) is 0 Å². The molecule has 0 saturated heterocycles. The van der Waals surface area contributed by atoms with Crippen LogP contribution in [0.1, 0.15) is 33.3 Å². The summed E-state index contributed by atoms with van der Waals surface area (Å²) in [5, 5.41) is 2.47. The first-order chi connectivity index (χ1) is 9.29. The average Bonchev–Trinajstić information content (AvgIpc) is 2.37. The number of nitrogens with two attached hydrogens (primary N) is 1. The Morgan fingerprint density at radius 3 is 2.20 bits per heavy atom. The van der Waals surface area contributed by atoms with E-state index in [1.165, 1.54) is 16.3 Å². The van der Waals surface area contributed by atoms with Gasteiger partial charge in [0.15, 0.2) is 0 Å². The molecule has 0 spiro atoms. The van der Waals surface area contributed by atoms with Gasteiger partial charge in [0, 0.05) is 18.3 Å². The van der Waals surface area contributed by atoms with Gasteiger partial charge in [0.05, 0.1) is 0 Å². The van der Waals surface area contributed by atoms with Crippen molar-refractivity contribution >= 4 is 16.5 Å². The molecule has 2 rings (SSSR count). The molecule has 1 unspecified atom stereocenters. The van der Waals surface area contributed by atoms with Crippen LogP contribution < -0.4 is 5.73 Å². The third kappa shape index (κ3) is 3.13. The van der Waals surface area contributed by atoms with E-state index in [-0.39, 0.29) is 5.41 Å². The van der Waals surface area contributed by atoms with Crippen LogP contribution in [-0.4, -0.2) is 18.0 Å². The molecule has 0 aliphatic heterocycles. The molecule has 0 radical (unpaired) electrons. The van der Waals surface area contributed by atoms with Gasteiger partial charge in [-0.2, -0.15) is 0 Å². The summed E-state index contributed by atoms with van der Waals surface area (Å²) < 4.78 is 0. The lowest BCUT2D eigenvalue weighted by Gasteiger charge is -2.35. The predicted molar refractivity (Wildman–Crippen MR) is 88.7 cm³/mol. The van der Waals surface area contributed by atoms with Gasteiger partial charge in [-0.15, -0.1) is 0 Å². The first kappa shape index (κ1) is 14.9. The summed E-state index contributed by atoms with van der Waals surface area (Å²) in [5.41, 5.74) is 8.58. The molecule has 0 saturated carbocycles. The maximum absolute atomic E-state index is 6.22. The van der Waals surface area contributed by atoms with E-state index < -0.39 is 0 Å². The van der Waals surface area contributed by atoms with Crippen LogP contribution >= 0.6 is 0 Å². The molecule has 1 atom stereocenters. The van der Waals surface area contributed by atoms with Crippen LogP contribution in [0.15, 0.2) is 36.4 Å². The molecule has 2 aromatic rings. The molecule has 0 heterocycles. The number of hydrogen-bond donors (Lipinski definition) is 1. The Labute approximate surface area is 122 Å². The van der Waals surface area contributed by atoms with E-state index in [2.05, 4.69) is 76.0 Å². The standard InChI is InChI=1S/C18H26N2/c1-13(18(2,3)4)20(5)12-16-10-14-8-6-7-9-15(14)11-17(16)19/h6-11,13H,12,19H2,1-5H3. The molecular formula is C18H26N2. The number of rotatable bonds is 3. The van der Waals surface area contributed by atoms with Crippen molar-refractivity contribution in [2.75, 3.05) is 12.8 Å². The quantitative estimate of drug-likeness (QED) is 0.843. The fraction of sp³-hybridized carbons (Fsp3) is 0.444. The lowest BCUT2D eigenvalue weighted by atomic mass is 9.87. The van der Waals surface area contributed by atoms with Gasteiger partial charge in [-0.1, -0.05) is 45.0 Å². The first-order valence-electron chi connectivity index (χ1n) is 7.26. The van der Waals surface area contributed by atoms with Crippen LogP contribution in [0.3, 0.4) is 0 Å². The van der Waals surface area contributed by atoms with Crippen molar-refractivity contribution < 1.29 is 0 Å². The molecule has 0 amide bonds. The Hall–Kier alpha value is -1.54. The average molecular weight is 270 g/mol. The van der Waals surface area contributed by atoms with E-state index in [4.69, 9.17) is 5.73 Å².